The van der Waals surface area contributed by atoms with Gasteiger partial charge in [0.25, 0.3) is 0 Å². The number of hydrogen-bond donors (Lipinski definition) is 2. The van der Waals surface area contributed by atoms with Gasteiger partial charge in [0.1, 0.15) is 22.9 Å². The van der Waals surface area contributed by atoms with E-state index in [0.717, 1.165) is 41.7 Å². The highest BCUT2D eigenvalue weighted by molar-refractivity contribution is 5.82. The van der Waals surface area contributed by atoms with E-state index in [9.17, 15) is 9.50 Å². The molecule has 4 rings (SSSR count). The second-order valence-electron chi connectivity index (χ2n) is 9.03. The minimum Gasteiger partial charge on any atom is -0.507 e. The molecule has 154 valence electrons. The first-order valence-corrected chi connectivity index (χ1v) is 10.5. The van der Waals surface area contributed by atoms with E-state index in [0.29, 0.717) is 6.54 Å². The van der Waals surface area contributed by atoms with Crippen molar-refractivity contribution in [1.29, 1.82) is 0 Å². The van der Waals surface area contributed by atoms with Gasteiger partial charge < -0.3 is 15.2 Å². The summed E-state index contributed by atoms with van der Waals surface area (Å²) in [7, 11) is 0. The van der Waals surface area contributed by atoms with Crippen molar-refractivity contribution < 1.29 is 14.2 Å². The standard InChI is InChI=1S/C25H30FNO2/c1-5-13-25(4,16-9-11-17(26)12-10-16)22-14-19-18(15-27-22)23-20(28)7-6-8-21(23)29-24(19,2)3/h6-12,22,27-28H,5,13-15H2,1-4H3. The summed E-state index contributed by atoms with van der Waals surface area (Å²) in [6.45, 7) is 9.35. The van der Waals surface area contributed by atoms with E-state index >= 15 is 0 Å². The second kappa shape index (κ2) is 7.17. The fourth-order valence-corrected chi connectivity index (χ4v) is 5.14. The largest absolute Gasteiger partial charge is 0.507 e. The fraction of sp³-hybridized carbons (Fsp3) is 0.440. The number of phenolic OH excluding ortho intramolecular Hbond substituents is 1. The third-order valence-electron chi connectivity index (χ3n) is 6.74. The number of phenols is 1. The van der Waals surface area contributed by atoms with E-state index < -0.39 is 5.60 Å². The van der Waals surface area contributed by atoms with Gasteiger partial charge >= 0.3 is 0 Å². The topological polar surface area (TPSA) is 41.5 Å². The van der Waals surface area contributed by atoms with Crippen molar-refractivity contribution in [2.75, 3.05) is 6.54 Å². The Morgan fingerprint density at radius 3 is 2.62 bits per heavy atom. The Morgan fingerprint density at radius 2 is 1.93 bits per heavy atom. The van der Waals surface area contributed by atoms with Gasteiger partial charge in [-0.15, -0.1) is 0 Å². The van der Waals surface area contributed by atoms with Gasteiger partial charge in [-0.05, 0) is 67.7 Å². The molecule has 0 aliphatic carbocycles. The number of fused-ring (bicyclic) bond motifs is 2. The van der Waals surface area contributed by atoms with Crippen LogP contribution in [0.1, 0.15) is 58.1 Å². The molecule has 2 N–H and O–H groups in total. The number of nitrogens with one attached hydrogen (secondary N) is 1. The van der Waals surface area contributed by atoms with Crippen LogP contribution in [0.3, 0.4) is 0 Å². The summed E-state index contributed by atoms with van der Waals surface area (Å²) in [6.07, 6.45) is 2.87. The predicted octanol–water partition coefficient (Wildman–Crippen LogP) is 5.58. The van der Waals surface area contributed by atoms with Crippen molar-refractivity contribution in [3.05, 3.63) is 65.0 Å². The Bertz CT molecular complexity index is 948. The molecule has 0 fully saturated rings. The van der Waals surface area contributed by atoms with Gasteiger partial charge in [-0.2, -0.15) is 0 Å². The maximum atomic E-state index is 13.5. The molecule has 29 heavy (non-hydrogen) atoms. The molecule has 2 atom stereocenters. The normalized spacial score (nSPS) is 22.3. The Morgan fingerprint density at radius 1 is 1.21 bits per heavy atom. The minimum atomic E-state index is -0.438. The summed E-state index contributed by atoms with van der Waals surface area (Å²) < 4.78 is 19.9. The zero-order valence-electron chi connectivity index (χ0n) is 17.7. The van der Waals surface area contributed by atoms with Gasteiger partial charge in [0.15, 0.2) is 0 Å². The summed E-state index contributed by atoms with van der Waals surface area (Å²) in [4.78, 5) is 0. The number of ether oxygens (including phenoxy) is 1. The molecule has 4 heteroatoms. The fourth-order valence-electron chi connectivity index (χ4n) is 5.14. The first kappa shape index (κ1) is 20.0. The van der Waals surface area contributed by atoms with Crippen LogP contribution in [0.5, 0.6) is 11.5 Å². The lowest BCUT2D eigenvalue weighted by Crippen LogP contribution is -2.52. The van der Waals surface area contributed by atoms with Gasteiger partial charge in [-0.3, -0.25) is 0 Å². The van der Waals surface area contributed by atoms with Crippen molar-refractivity contribution in [2.45, 2.75) is 64.0 Å². The van der Waals surface area contributed by atoms with Crippen molar-refractivity contribution in [3.8, 4) is 11.5 Å². The predicted molar refractivity (Wildman–Crippen MR) is 115 cm³/mol. The summed E-state index contributed by atoms with van der Waals surface area (Å²) in [5.74, 6) is 0.799. The Labute approximate surface area is 172 Å². The molecule has 0 radical (unpaired) electrons. The van der Waals surface area contributed by atoms with Gasteiger partial charge in [-0.25, -0.2) is 4.39 Å². The third-order valence-corrected chi connectivity index (χ3v) is 6.74. The number of aromatic hydroxyl groups is 1. The van der Waals surface area contributed by atoms with Crippen LogP contribution >= 0.6 is 0 Å². The third kappa shape index (κ3) is 3.33. The Balaban J connectivity index is 1.76. The summed E-state index contributed by atoms with van der Waals surface area (Å²) in [6, 6.07) is 12.6. The molecule has 0 saturated heterocycles. The average molecular weight is 396 g/mol. The van der Waals surface area contributed by atoms with Gasteiger partial charge in [0.2, 0.25) is 0 Å². The van der Waals surface area contributed by atoms with Crippen LogP contribution in [0.2, 0.25) is 0 Å². The molecule has 2 aromatic carbocycles. The lowest BCUT2D eigenvalue weighted by molar-refractivity contribution is 0.129. The molecule has 3 nitrogen and oxygen atoms in total. The minimum absolute atomic E-state index is 0.129. The molecule has 0 spiro atoms. The summed E-state index contributed by atoms with van der Waals surface area (Å²) >= 11 is 0. The SMILES string of the molecule is CCCC(C)(c1ccc(F)cc1)C1CC2=C(CN1)c1c(O)cccc1OC2(C)C. The number of halogens is 1. The lowest BCUT2D eigenvalue weighted by atomic mass is 9.67. The van der Waals surface area contributed by atoms with Crippen molar-refractivity contribution in [2.24, 2.45) is 0 Å². The van der Waals surface area contributed by atoms with Gasteiger partial charge in [0.05, 0.1) is 5.56 Å². The molecule has 0 aromatic heterocycles. The highest BCUT2D eigenvalue weighted by Crippen LogP contribution is 2.49. The van der Waals surface area contributed by atoms with Crippen LogP contribution < -0.4 is 10.1 Å². The van der Waals surface area contributed by atoms with Crippen LogP contribution in [-0.4, -0.2) is 23.3 Å². The van der Waals surface area contributed by atoms with Crippen LogP contribution in [0.25, 0.3) is 5.57 Å². The smallest absolute Gasteiger partial charge is 0.131 e. The van der Waals surface area contributed by atoms with Gasteiger partial charge in [0, 0.05) is 18.0 Å². The van der Waals surface area contributed by atoms with Crippen LogP contribution in [0.4, 0.5) is 4.39 Å². The highest BCUT2D eigenvalue weighted by Gasteiger charge is 2.44. The van der Waals surface area contributed by atoms with E-state index in [1.807, 2.05) is 24.3 Å². The van der Waals surface area contributed by atoms with Crippen LogP contribution in [0, 0.1) is 5.82 Å². The molecule has 2 aliphatic heterocycles. The highest BCUT2D eigenvalue weighted by atomic mass is 19.1. The van der Waals surface area contributed by atoms with Crippen molar-refractivity contribution in [3.63, 3.8) is 0 Å². The van der Waals surface area contributed by atoms with Crippen LogP contribution in [-0.2, 0) is 5.41 Å². The number of benzene rings is 2. The van der Waals surface area contributed by atoms with Crippen molar-refractivity contribution in [1.82, 2.24) is 5.32 Å². The second-order valence-corrected chi connectivity index (χ2v) is 9.03. The molecule has 0 saturated carbocycles. The quantitative estimate of drug-likeness (QED) is 0.710. The van der Waals surface area contributed by atoms with Gasteiger partial charge in [-0.1, -0.05) is 38.5 Å². The van der Waals surface area contributed by atoms with E-state index in [1.165, 1.54) is 5.57 Å². The van der Waals surface area contributed by atoms with E-state index in [1.54, 1.807) is 18.2 Å². The Kier molecular flexibility index (Phi) is 4.94. The summed E-state index contributed by atoms with van der Waals surface area (Å²) in [5.41, 5.74) is 3.78. The molecule has 2 aliphatic rings. The maximum Gasteiger partial charge on any atom is 0.131 e. The molecular formula is C25H30FNO2. The zero-order valence-corrected chi connectivity index (χ0v) is 17.7. The summed E-state index contributed by atoms with van der Waals surface area (Å²) in [5, 5.41) is 14.2. The molecular weight excluding hydrogens is 365 g/mol. The van der Waals surface area contributed by atoms with E-state index in [2.05, 4.69) is 33.0 Å². The Hall–Kier alpha value is -2.33. The van der Waals surface area contributed by atoms with E-state index in [-0.39, 0.29) is 23.0 Å². The molecule has 2 heterocycles. The molecule has 0 bridgehead atoms. The monoisotopic (exact) mass is 395 g/mol. The first-order valence-electron chi connectivity index (χ1n) is 10.5. The maximum absolute atomic E-state index is 13.5. The molecule has 2 unspecified atom stereocenters. The average Bonchev–Trinajstić information content (AvgIpc) is 2.68. The van der Waals surface area contributed by atoms with E-state index in [4.69, 9.17) is 4.74 Å². The number of hydrogen-bond acceptors (Lipinski definition) is 3. The van der Waals surface area contributed by atoms with Crippen LogP contribution in [0.15, 0.2) is 48.0 Å². The zero-order chi connectivity index (χ0) is 20.8. The molecule has 2 aromatic rings. The molecule has 0 amide bonds. The van der Waals surface area contributed by atoms with Crippen molar-refractivity contribution >= 4 is 5.57 Å². The number of rotatable bonds is 4. The first-order chi connectivity index (χ1) is 13.8. The lowest BCUT2D eigenvalue weighted by Gasteiger charge is -2.47.